The Morgan fingerprint density at radius 3 is 2.36 bits per heavy atom. The van der Waals surface area contributed by atoms with E-state index in [1.807, 2.05) is 19.9 Å². The molecule has 0 heterocycles. The van der Waals surface area contributed by atoms with Gasteiger partial charge in [-0.15, -0.1) is 0 Å². The molecule has 9 nitrogen and oxygen atoms in total. The first kappa shape index (κ1) is 29.7. The summed E-state index contributed by atoms with van der Waals surface area (Å²) in [4.78, 5) is 25.4. The zero-order valence-corrected chi connectivity index (χ0v) is 22.5. The minimum absolute atomic E-state index is 0.0204. The Balaban J connectivity index is 1.87. The fraction of sp³-hybridized carbons (Fsp3) is 0.417. The molecule has 0 aliphatic rings. The van der Waals surface area contributed by atoms with Crippen molar-refractivity contribution >= 4 is 51.0 Å². The van der Waals surface area contributed by atoms with Gasteiger partial charge in [-0.3, -0.25) is 0 Å². The second-order valence-electron chi connectivity index (χ2n) is 8.70. The van der Waals surface area contributed by atoms with Crippen LogP contribution in [0.1, 0.15) is 33.1 Å². The molecule has 4 N–H and O–H groups in total. The Kier molecular flexibility index (Phi) is 11.8. The first-order valence-electron chi connectivity index (χ1n) is 11.5. The van der Waals surface area contributed by atoms with Gasteiger partial charge >= 0.3 is 12.1 Å². The molecule has 2 rings (SSSR count). The molecule has 12 heteroatoms. The Morgan fingerprint density at radius 1 is 1.06 bits per heavy atom. The number of hydrogen-bond donors (Lipinski definition) is 4. The van der Waals surface area contributed by atoms with Crippen LogP contribution in [0.15, 0.2) is 53.4 Å². The van der Waals surface area contributed by atoms with Crippen molar-refractivity contribution in [2.75, 3.05) is 25.0 Å². The minimum atomic E-state index is -3.82. The molecule has 0 unspecified atom stereocenters. The average molecular weight is 560 g/mol. The molecule has 0 aromatic heterocycles. The highest BCUT2D eigenvalue weighted by Crippen LogP contribution is 2.24. The van der Waals surface area contributed by atoms with Gasteiger partial charge in [-0.2, -0.15) is 0 Å². The molecule has 0 aliphatic heterocycles. The van der Waals surface area contributed by atoms with E-state index >= 15 is 0 Å². The first-order valence-corrected chi connectivity index (χ1v) is 13.8. The monoisotopic (exact) mass is 558 g/mol. The molecule has 2 aromatic rings. The number of nitrogens with one attached hydrogen (secondary N) is 3. The normalized spacial score (nSPS) is 12.2. The summed E-state index contributed by atoms with van der Waals surface area (Å²) in [7, 11) is -3.82. The fourth-order valence-corrected chi connectivity index (χ4v) is 5.40. The summed E-state index contributed by atoms with van der Waals surface area (Å²) in [5.41, 5.74) is 0.635. The lowest BCUT2D eigenvalue weighted by Crippen LogP contribution is -2.47. The number of sulfonamides is 1. The van der Waals surface area contributed by atoms with E-state index in [1.165, 1.54) is 23.1 Å². The van der Waals surface area contributed by atoms with Crippen LogP contribution < -0.4 is 15.4 Å². The number of anilines is 1. The molecule has 36 heavy (non-hydrogen) atoms. The lowest BCUT2D eigenvalue weighted by Gasteiger charge is -2.27. The summed E-state index contributed by atoms with van der Waals surface area (Å²) >= 11 is 11.8. The van der Waals surface area contributed by atoms with Crippen molar-refractivity contribution < 1.29 is 23.1 Å². The molecule has 1 atom stereocenters. The second-order valence-corrected chi connectivity index (χ2v) is 11.3. The summed E-state index contributed by atoms with van der Waals surface area (Å²) < 4.78 is 27.4. The summed E-state index contributed by atoms with van der Waals surface area (Å²) in [5.74, 6) is 0.233. The number of amides is 3. The smallest absolute Gasteiger partial charge is 0.407 e. The molecule has 0 radical (unpaired) electrons. The van der Waals surface area contributed by atoms with Gasteiger partial charge in [0.15, 0.2) is 0 Å². The molecule has 3 amide bonds. The lowest BCUT2D eigenvalue weighted by molar-refractivity contribution is 0.137. The third-order valence-electron chi connectivity index (χ3n) is 5.16. The van der Waals surface area contributed by atoms with Crippen LogP contribution >= 0.6 is 23.2 Å². The van der Waals surface area contributed by atoms with Crippen LogP contribution in [0.4, 0.5) is 15.3 Å². The zero-order chi connectivity index (χ0) is 26.7. The number of urea groups is 1. The molecule has 0 fully saturated rings. The maximum absolute atomic E-state index is 12.5. The summed E-state index contributed by atoms with van der Waals surface area (Å²) in [5, 5.41) is 15.6. The molecule has 198 valence electrons. The highest BCUT2D eigenvalue weighted by molar-refractivity contribution is 7.89. The van der Waals surface area contributed by atoms with Crippen molar-refractivity contribution in [2.45, 2.75) is 44.0 Å². The number of carbonyl (C=O) groups is 2. The highest BCUT2D eigenvalue weighted by Gasteiger charge is 2.22. The van der Waals surface area contributed by atoms with Crippen LogP contribution in [0.25, 0.3) is 0 Å². The lowest BCUT2D eigenvalue weighted by atomic mass is 10.0. The van der Waals surface area contributed by atoms with Gasteiger partial charge in [-0.1, -0.05) is 55.2 Å². The van der Waals surface area contributed by atoms with E-state index in [0.717, 1.165) is 0 Å². The summed E-state index contributed by atoms with van der Waals surface area (Å²) in [6.45, 7) is 4.40. The van der Waals surface area contributed by atoms with Gasteiger partial charge in [0.2, 0.25) is 10.0 Å². The Morgan fingerprint density at radius 2 is 1.75 bits per heavy atom. The van der Waals surface area contributed by atoms with Crippen molar-refractivity contribution in [3.05, 3.63) is 58.6 Å². The number of hydrogen-bond acceptors (Lipinski definition) is 4. The van der Waals surface area contributed by atoms with Crippen LogP contribution in [-0.2, 0) is 10.0 Å². The van der Waals surface area contributed by atoms with E-state index < -0.39 is 28.2 Å². The Hall–Kier alpha value is -2.53. The summed E-state index contributed by atoms with van der Waals surface area (Å²) in [6, 6.07) is 12.3. The van der Waals surface area contributed by atoms with Crippen molar-refractivity contribution in [2.24, 2.45) is 5.92 Å². The van der Waals surface area contributed by atoms with Crippen LogP contribution in [0.2, 0.25) is 10.0 Å². The Bertz CT molecular complexity index is 1120. The van der Waals surface area contributed by atoms with Crippen molar-refractivity contribution in [3.8, 4) is 0 Å². The van der Waals surface area contributed by atoms with Gasteiger partial charge in [-0.25, -0.2) is 22.7 Å². The topological polar surface area (TPSA) is 128 Å². The molecule has 0 saturated carbocycles. The quantitative estimate of drug-likeness (QED) is 0.249. The maximum Gasteiger partial charge on any atom is 0.407 e. The van der Waals surface area contributed by atoms with Crippen LogP contribution in [-0.4, -0.2) is 56.2 Å². The number of carbonyl (C=O) groups excluding carboxylic acids is 1. The zero-order valence-electron chi connectivity index (χ0n) is 20.2. The van der Waals surface area contributed by atoms with E-state index in [9.17, 15) is 23.1 Å². The SMILES string of the molecule is CC(C)C[C@@H](CN(CCCCNS(=O)(=O)c1ccc(Cl)cc1Cl)C(=O)O)NC(=O)Nc1ccccc1. The number of unbranched alkanes of at least 4 members (excludes halogenated alkanes) is 1. The molecule has 0 aliphatic carbocycles. The van der Waals surface area contributed by atoms with Crippen LogP contribution in [0.3, 0.4) is 0 Å². The standard InChI is InChI=1S/C24H32Cl2N4O5S/c1-17(2)14-20(29-23(31)28-19-8-4-3-5-9-19)16-30(24(32)33)13-7-6-12-27-36(34,35)22-11-10-18(25)15-21(22)26/h3-5,8-11,15,17,20,27H,6-7,12-14,16H2,1-2H3,(H,32,33)(H2,28,29,31)/t20-/m0/s1. The largest absolute Gasteiger partial charge is 0.465 e. The predicted octanol–water partition coefficient (Wildman–Crippen LogP) is 5.27. The minimum Gasteiger partial charge on any atom is -0.465 e. The number of para-hydroxylation sites is 1. The van der Waals surface area contributed by atoms with E-state index in [0.29, 0.717) is 30.0 Å². The number of rotatable bonds is 13. The van der Waals surface area contributed by atoms with Gasteiger partial charge in [0.1, 0.15) is 4.90 Å². The van der Waals surface area contributed by atoms with Gasteiger partial charge in [0.25, 0.3) is 0 Å². The molecular weight excluding hydrogens is 527 g/mol. The number of benzene rings is 2. The van der Waals surface area contributed by atoms with Crippen molar-refractivity contribution in [1.82, 2.24) is 14.9 Å². The maximum atomic E-state index is 12.5. The van der Waals surface area contributed by atoms with E-state index in [2.05, 4.69) is 15.4 Å². The highest BCUT2D eigenvalue weighted by atomic mass is 35.5. The van der Waals surface area contributed by atoms with Crippen molar-refractivity contribution in [3.63, 3.8) is 0 Å². The fourth-order valence-electron chi connectivity index (χ4n) is 3.56. The molecule has 2 aromatic carbocycles. The molecular formula is C24H32Cl2N4O5S. The predicted molar refractivity (Wildman–Crippen MR) is 142 cm³/mol. The number of halogens is 2. The molecule has 0 saturated heterocycles. The van der Waals surface area contributed by atoms with Crippen LogP contribution in [0.5, 0.6) is 0 Å². The number of nitrogens with zero attached hydrogens (tertiary/aromatic N) is 1. The van der Waals surface area contributed by atoms with E-state index in [4.69, 9.17) is 23.2 Å². The number of carboxylic acid groups (broad SMARTS) is 1. The second kappa shape index (κ2) is 14.3. The van der Waals surface area contributed by atoms with Crippen molar-refractivity contribution in [1.29, 1.82) is 0 Å². The third-order valence-corrected chi connectivity index (χ3v) is 7.34. The van der Waals surface area contributed by atoms with E-state index in [-0.39, 0.29) is 35.5 Å². The molecule has 0 spiro atoms. The Labute approximate surface area is 222 Å². The molecule has 0 bridgehead atoms. The third kappa shape index (κ3) is 10.2. The average Bonchev–Trinajstić information content (AvgIpc) is 2.77. The van der Waals surface area contributed by atoms with Gasteiger partial charge in [0.05, 0.1) is 5.02 Å². The first-order chi connectivity index (χ1) is 17.0. The van der Waals surface area contributed by atoms with E-state index in [1.54, 1.807) is 24.3 Å². The van der Waals surface area contributed by atoms with Gasteiger partial charge < -0.3 is 20.6 Å². The van der Waals surface area contributed by atoms with Crippen LogP contribution in [0, 0.1) is 5.92 Å². The van der Waals surface area contributed by atoms with Gasteiger partial charge in [-0.05, 0) is 55.5 Å². The summed E-state index contributed by atoms with van der Waals surface area (Å²) in [6.07, 6.45) is 0.314. The van der Waals surface area contributed by atoms with Gasteiger partial charge in [0, 0.05) is 36.4 Å².